The van der Waals surface area contributed by atoms with E-state index in [2.05, 4.69) is 15.5 Å². The lowest BCUT2D eigenvalue weighted by molar-refractivity contribution is 0.0122. The molecular formula is C29H40ClN5O5Si. The molecule has 2 heterocycles. The van der Waals surface area contributed by atoms with Crippen LogP contribution in [-0.2, 0) is 4.74 Å². The van der Waals surface area contributed by atoms with Gasteiger partial charge < -0.3 is 24.5 Å². The average molecular weight is 602 g/mol. The Labute approximate surface area is 247 Å². The van der Waals surface area contributed by atoms with Crippen molar-refractivity contribution in [2.75, 3.05) is 26.4 Å². The maximum Gasteiger partial charge on any atom is 0.182 e. The van der Waals surface area contributed by atoms with Crippen LogP contribution in [0.5, 0.6) is 5.75 Å². The zero-order valence-electron chi connectivity index (χ0n) is 24.0. The molecule has 1 aliphatic rings. The van der Waals surface area contributed by atoms with Crippen LogP contribution in [0.15, 0.2) is 47.5 Å². The molecule has 3 atom stereocenters. The summed E-state index contributed by atoms with van der Waals surface area (Å²) in [6, 6.07) is 13.4. The van der Waals surface area contributed by atoms with Gasteiger partial charge in [0.1, 0.15) is 36.6 Å². The molecule has 0 amide bonds. The van der Waals surface area contributed by atoms with Crippen molar-refractivity contribution < 1.29 is 24.5 Å². The second kappa shape index (κ2) is 14.0. The van der Waals surface area contributed by atoms with Crippen LogP contribution < -0.4 is 10.1 Å². The van der Waals surface area contributed by atoms with Crippen LogP contribution in [0.3, 0.4) is 0 Å². The molecule has 4 N–H and O–H groups in total. The topological polar surface area (TPSA) is 134 Å². The number of benzene rings is 2. The Bertz CT molecular complexity index is 1330. The number of hydrogen-bond acceptors (Lipinski definition) is 9. The van der Waals surface area contributed by atoms with Gasteiger partial charge in [-0.05, 0) is 69.4 Å². The minimum absolute atomic E-state index is 0.0564. The lowest BCUT2D eigenvalue weighted by atomic mass is 10.00. The first-order valence-electron chi connectivity index (χ1n) is 14.0. The zero-order chi connectivity index (χ0) is 29.6. The number of fused-ring (bicyclic) bond motifs is 3. The molecule has 3 aromatic rings. The highest BCUT2D eigenvalue weighted by Gasteiger charge is 2.30. The van der Waals surface area contributed by atoms with E-state index < -0.39 is 26.7 Å². The summed E-state index contributed by atoms with van der Waals surface area (Å²) < 4.78 is 13.5. The summed E-state index contributed by atoms with van der Waals surface area (Å²) in [4.78, 5) is 15.1. The minimum atomic E-state index is -2.09. The summed E-state index contributed by atoms with van der Waals surface area (Å²) in [5.74, 6) is 1.90. The van der Waals surface area contributed by atoms with Crippen molar-refractivity contribution in [1.82, 2.24) is 20.1 Å². The predicted molar refractivity (Wildman–Crippen MR) is 162 cm³/mol. The molecular weight excluding hydrogens is 562 g/mol. The maximum atomic E-state index is 10.6. The van der Waals surface area contributed by atoms with E-state index in [0.29, 0.717) is 47.7 Å². The number of ether oxygens (including phenoxy) is 2. The highest BCUT2D eigenvalue weighted by atomic mass is 35.5. The van der Waals surface area contributed by atoms with Crippen molar-refractivity contribution in [2.24, 2.45) is 4.99 Å². The molecule has 0 aliphatic carbocycles. The summed E-state index contributed by atoms with van der Waals surface area (Å²) >= 11 is 6.19. The van der Waals surface area contributed by atoms with Gasteiger partial charge in [-0.3, -0.25) is 14.9 Å². The smallest absolute Gasteiger partial charge is 0.182 e. The number of aliphatic hydroxyl groups is 2. The van der Waals surface area contributed by atoms with Crippen LogP contribution in [0.25, 0.3) is 5.69 Å². The molecule has 222 valence electrons. The molecule has 0 fully saturated rings. The average Bonchev–Trinajstić information content (AvgIpc) is 3.24. The summed E-state index contributed by atoms with van der Waals surface area (Å²) in [6.07, 6.45) is -0.504. The third kappa shape index (κ3) is 8.45. The molecule has 1 aromatic heterocycles. The number of aliphatic hydroxyl groups excluding tert-OH is 2. The Balaban J connectivity index is 1.60. The van der Waals surface area contributed by atoms with Crippen LogP contribution in [0.2, 0.25) is 24.2 Å². The molecule has 41 heavy (non-hydrogen) atoms. The number of nitrogens with zero attached hydrogens (tertiary/aromatic N) is 4. The van der Waals surface area contributed by atoms with Gasteiger partial charge in [0.2, 0.25) is 0 Å². The molecule has 4 rings (SSSR count). The number of aliphatic imine (C=N–C) groups is 1. The van der Waals surface area contributed by atoms with Gasteiger partial charge in [0.15, 0.2) is 14.1 Å². The molecule has 3 unspecified atom stereocenters. The number of nitrogens with one attached hydrogen (secondary N) is 1. The van der Waals surface area contributed by atoms with Crippen LogP contribution >= 0.6 is 11.6 Å². The lowest BCUT2D eigenvalue weighted by Gasteiger charge is -2.17. The minimum Gasteiger partial charge on any atom is -0.491 e. The quantitative estimate of drug-likeness (QED) is 0.125. The number of halogens is 1. The van der Waals surface area contributed by atoms with Gasteiger partial charge in [0.05, 0.1) is 18.0 Å². The Morgan fingerprint density at radius 2 is 1.85 bits per heavy atom. The van der Waals surface area contributed by atoms with E-state index >= 15 is 0 Å². The molecule has 2 aromatic carbocycles. The van der Waals surface area contributed by atoms with E-state index in [0.717, 1.165) is 29.3 Å². The van der Waals surface area contributed by atoms with Gasteiger partial charge in [-0.25, -0.2) is 0 Å². The zero-order valence-corrected chi connectivity index (χ0v) is 25.8. The Kier molecular flexibility index (Phi) is 10.7. The van der Waals surface area contributed by atoms with E-state index in [9.17, 15) is 15.0 Å². The highest BCUT2D eigenvalue weighted by Crippen LogP contribution is 2.35. The number of aromatic nitrogens is 3. The first-order chi connectivity index (χ1) is 19.6. The van der Waals surface area contributed by atoms with Gasteiger partial charge in [0.25, 0.3) is 0 Å². The second-order valence-electron chi connectivity index (χ2n) is 10.9. The van der Waals surface area contributed by atoms with Crippen molar-refractivity contribution in [2.45, 2.75) is 64.2 Å². The molecule has 10 nitrogen and oxygen atoms in total. The largest absolute Gasteiger partial charge is 0.491 e. The van der Waals surface area contributed by atoms with Crippen LogP contribution in [0.1, 0.15) is 48.6 Å². The third-order valence-electron chi connectivity index (χ3n) is 6.73. The SMILES string of the molecule is CCNC(O)CC1N=C(c2ccc(Cl)cc2)c2cc(OCC(O)COCCC[Si](C)(C)O)ccc2-n2c(C)nnc21. The van der Waals surface area contributed by atoms with Gasteiger partial charge in [0, 0.05) is 29.2 Å². The van der Waals surface area contributed by atoms with Crippen molar-refractivity contribution in [1.29, 1.82) is 0 Å². The number of aryl methyl sites for hydroxylation is 1. The van der Waals surface area contributed by atoms with E-state index in [1.54, 1.807) is 0 Å². The van der Waals surface area contributed by atoms with Crippen LogP contribution in [-0.4, -0.2) is 82.5 Å². The second-order valence-corrected chi connectivity index (χ2v) is 15.4. The lowest BCUT2D eigenvalue weighted by Crippen LogP contribution is -2.30. The first-order valence-corrected chi connectivity index (χ1v) is 17.5. The summed E-state index contributed by atoms with van der Waals surface area (Å²) in [5.41, 5.74) is 3.20. The van der Waals surface area contributed by atoms with Crippen molar-refractivity contribution in [3.8, 4) is 11.4 Å². The monoisotopic (exact) mass is 601 g/mol. The maximum absolute atomic E-state index is 10.6. The molecule has 12 heteroatoms. The predicted octanol–water partition coefficient (Wildman–Crippen LogP) is 3.78. The van der Waals surface area contributed by atoms with Gasteiger partial charge in [-0.2, -0.15) is 0 Å². The molecule has 0 bridgehead atoms. The fourth-order valence-corrected chi connectivity index (χ4v) is 5.89. The summed E-state index contributed by atoms with van der Waals surface area (Å²) in [7, 11) is -2.09. The van der Waals surface area contributed by atoms with Gasteiger partial charge in [-0.15, -0.1) is 10.2 Å². The summed E-state index contributed by atoms with van der Waals surface area (Å²) in [6.45, 7) is 8.93. The van der Waals surface area contributed by atoms with Crippen molar-refractivity contribution >= 4 is 25.6 Å². The standard InChI is InChI=1S/C29H40ClN5O5Si/c1-5-31-27(37)16-25-29-34-33-19(2)35(29)26-12-11-23(40-18-22(36)17-39-13-6-14-41(3,4)38)15-24(26)28(32-25)20-7-9-21(30)10-8-20/h7-12,15,22,25,27,31,36-38H,5-6,13-14,16-18H2,1-4H3. The third-order valence-corrected chi connectivity index (χ3v) is 8.56. The number of hydrogen-bond donors (Lipinski definition) is 4. The Morgan fingerprint density at radius 3 is 2.56 bits per heavy atom. The van der Waals surface area contributed by atoms with E-state index in [1.165, 1.54) is 0 Å². The fraction of sp³-hybridized carbons (Fsp3) is 0.483. The molecule has 0 saturated carbocycles. The molecule has 0 spiro atoms. The van der Waals surface area contributed by atoms with Crippen LogP contribution in [0, 0.1) is 6.92 Å². The summed E-state index contributed by atoms with van der Waals surface area (Å²) in [5, 5.41) is 33.5. The normalized spacial score (nSPS) is 16.4. The van der Waals surface area contributed by atoms with Gasteiger partial charge in [-0.1, -0.05) is 30.7 Å². The van der Waals surface area contributed by atoms with E-state index in [4.69, 9.17) is 26.1 Å². The highest BCUT2D eigenvalue weighted by molar-refractivity contribution is 6.69. The fourth-order valence-electron chi connectivity index (χ4n) is 4.76. The first kappa shape index (κ1) is 31.3. The van der Waals surface area contributed by atoms with Crippen molar-refractivity contribution in [3.05, 3.63) is 70.3 Å². The van der Waals surface area contributed by atoms with E-state index in [-0.39, 0.29) is 13.2 Å². The Hall–Kier alpha value is -2.64. The molecule has 0 radical (unpaired) electrons. The van der Waals surface area contributed by atoms with Crippen molar-refractivity contribution in [3.63, 3.8) is 0 Å². The van der Waals surface area contributed by atoms with Gasteiger partial charge >= 0.3 is 0 Å². The number of rotatable bonds is 14. The Morgan fingerprint density at radius 1 is 1.10 bits per heavy atom. The molecule has 1 aliphatic heterocycles. The molecule has 0 saturated heterocycles. The van der Waals surface area contributed by atoms with Crippen LogP contribution in [0.4, 0.5) is 0 Å². The van der Waals surface area contributed by atoms with E-state index in [1.807, 2.05) is 74.0 Å².